The van der Waals surface area contributed by atoms with Gasteiger partial charge in [0, 0.05) is 43.4 Å². The molecule has 12 aromatic rings. The fourth-order valence-electron chi connectivity index (χ4n) is 10.5. The van der Waals surface area contributed by atoms with Crippen LogP contribution in [0.2, 0.25) is 0 Å². The molecule has 0 N–H and O–H groups in total. The van der Waals surface area contributed by atoms with Crippen LogP contribution in [0.15, 0.2) is 176 Å². The predicted molar refractivity (Wildman–Crippen MR) is 248 cm³/mol. The Morgan fingerprint density at radius 1 is 0.361 bits per heavy atom. The van der Waals surface area contributed by atoms with Gasteiger partial charge in [-0.25, -0.2) is 8.78 Å². The summed E-state index contributed by atoms with van der Waals surface area (Å²) in [5, 5.41) is 6.78. The lowest BCUT2D eigenvalue weighted by atomic mass is 9.93. The van der Waals surface area contributed by atoms with Crippen molar-refractivity contribution in [2.45, 2.75) is 13.3 Å². The summed E-state index contributed by atoms with van der Waals surface area (Å²) in [6, 6.07) is 56.6. The zero-order valence-corrected chi connectivity index (χ0v) is 33.1. The molecule has 4 nitrogen and oxygen atoms in total. The minimum absolute atomic E-state index is 0.136. The molecule has 0 spiro atoms. The number of fused-ring (bicyclic) bond motifs is 12. The number of rotatable bonds is 4. The van der Waals surface area contributed by atoms with Gasteiger partial charge in [0.2, 0.25) is 0 Å². The number of allylic oxidation sites excluding steroid dienone is 1. The average Bonchev–Trinajstić information content (AvgIpc) is 4.02. The van der Waals surface area contributed by atoms with Gasteiger partial charge in [-0.05, 0) is 66.4 Å². The van der Waals surface area contributed by atoms with Gasteiger partial charge < -0.3 is 18.3 Å². The monoisotopic (exact) mass is 790 g/mol. The van der Waals surface area contributed by atoms with E-state index in [0.717, 1.165) is 94.0 Å². The Bertz CT molecular complexity index is 3690. The summed E-state index contributed by atoms with van der Waals surface area (Å²) in [6.07, 6.45) is 5.08. The van der Waals surface area contributed by atoms with Gasteiger partial charge in [0.1, 0.15) is 22.7 Å². The number of aromatic nitrogens is 4. The van der Waals surface area contributed by atoms with Crippen LogP contribution in [0.3, 0.4) is 0 Å². The van der Waals surface area contributed by atoms with Crippen molar-refractivity contribution < 1.29 is 8.78 Å². The van der Waals surface area contributed by atoms with Crippen molar-refractivity contribution in [2.75, 3.05) is 0 Å². The summed E-state index contributed by atoms with van der Waals surface area (Å²) in [4.78, 5) is 0. The van der Waals surface area contributed by atoms with Crippen molar-refractivity contribution in [3.8, 4) is 22.7 Å². The van der Waals surface area contributed by atoms with Crippen molar-refractivity contribution in [1.82, 2.24) is 18.3 Å². The van der Waals surface area contributed by atoms with Crippen LogP contribution in [-0.2, 0) is 6.42 Å². The molecule has 1 atom stereocenters. The second kappa shape index (κ2) is 12.7. The van der Waals surface area contributed by atoms with E-state index < -0.39 is 11.6 Å². The Kier molecular flexibility index (Phi) is 7.09. The van der Waals surface area contributed by atoms with E-state index in [0.29, 0.717) is 0 Å². The van der Waals surface area contributed by atoms with Gasteiger partial charge in [-0.1, -0.05) is 140 Å². The highest BCUT2D eigenvalue weighted by Gasteiger charge is 2.35. The third-order valence-electron chi connectivity index (χ3n) is 13.0. The summed E-state index contributed by atoms with van der Waals surface area (Å²) in [5.41, 5.74) is 8.10. The number of nitrogens with zero attached hydrogens (tertiary/aromatic N) is 4. The molecular formula is C55H36F2N4. The lowest BCUT2D eigenvalue weighted by Crippen LogP contribution is -2.18. The smallest absolute Gasteiger partial charge is 0.175 e. The number of hydrogen-bond acceptors (Lipinski definition) is 0. The first-order chi connectivity index (χ1) is 30.1. The minimum Gasteiger partial charge on any atom is -0.305 e. The van der Waals surface area contributed by atoms with Crippen LogP contribution < -0.4 is 0 Å². The molecule has 0 saturated heterocycles. The van der Waals surface area contributed by atoms with Gasteiger partial charge in [-0.2, -0.15) is 0 Å². The molecule has 290 valence electrons. The molecular weight excluding hydrogens is 755 g/mol. The van der Waals surface area contributed by atoms with Gasteiger partial charge >= 0.3 is 0 Å². The maximum Gasteiger partial charge on any atom is 0.175 e. The molecule has 0 amide bonds. The van der Waals surface area contributed by atoms with Crippen molar-refractivity contribution in [3.05, 3.63) is 199 Å². The average molecular weight is 791 g/mol. The number of para-hydroxylation sites is 7. The van der Waals surface area contributed by atoms with Gasteiger partial charge in [0.05, 0.1) is 38.6 Å². The van der Waals surface area contributed by atoms with Crippen LogP contribution >= 0.6 is 0 Å². The molecule has 4 aromatic heterocycles. The molecule has 1 aliphatic rings. The second-order valence-corrected chi connectivity index (χ2v) is 16.4. The summed E-state index contributed by atoms with van der Waals surface area (Å²) < 4.78 is 47.6. The van der Waals surface area contributed by atoms with E-state index in [2.05, 4.69) is 61.5 Å². The molecule has 1 aliphatic carbocycles. The third kappa shape index (κ3) is 4.56. The molecule has 0 fully saturated rings. The first kappa shape index (κ1) is 34.2. The van der Waals surface area contributed by atoms with Crippen LogP contribution in [0.5, 0.6) is 0 Å². The summed E-state index contributed by atoms with van der Waals surface area (Å²) in [7, 11) is 0. The second-order valence-electron chi connectivity index (χ2n) is 16.4. The lowest BCUT2D eigenvalue weighted by molar-refractivity contribution is 0.578. The molecule has 6 heteroatoms. The van der Waals surface area contributed by atoms with E-state index in [9.17, 15) is 0 Å². The molecule has 0 saturated carbocycles. The fourth-order valence-corrected chi connectivity index (χ4v) is 10.5. The maximum atomic E-state index is 19.9. The Morgan fingerprint density at radius 3 is 0.951 bits per heavy atom. The van der Waals surface area contributed by atoms with Gasteiger partial charge in [0.15, 0.2) is 11.6 Å². The maximum absolute atomic E-state index is 19.9. The molecule has 61 heavy (non-hydrogen) atoms. The quantitative estimate of drug-likeness (QED) is 0.169. The highest BCUT2D eigenvalue weighted by atomic mass is 19.1. The van der Waals surface area contributed by atoms with Gasteiger partial charge in [-0.15, -0.1) is 0 Å². The van der Waals surface area contributed by atoms with Crippen molar-refractivity contribution >= 4 is 82.4 Å². The Morgan fingerprint density at radius 2 is 0.623 bits per heavy atom. The van der Waals surface area contributed by atoms with Crippen LogP contribution in [0, 0.1) is 17.6 Å². The fraction of sp³-hybridized carbons (Fsp3) is 0.0545. The van der Waals surface area contributed by atoms with E-state index in [4.69, 9.17) is 0 Å². The van der Waals surface area contributed by atoms with Crippen LogP contribution in [0.1, 0.15) is 18.2 Å². The minimum atomic E-state index is -0.536. The zero-order chi connectivity index (χ0) is 40.5. The van der Waals surface area contributed by atoms with Crippen molar-refractivity contribution in [2.24, 2.45) is 5.92 Å². The summed E-state index contributed by atoms with van der Waals surface area (Å²) in [5.74, 6) is -0.779. The predicted octanol–water partition coefficient (Wildman–Crippen LogP) is 14.4. The first-order valence-corrected chi connectivity index (χ1v) is 20.9. The summed E-state index contributed by atoms with van der Waals surface area (Å²) >= 11 is 0. The van der Waals surface area contributed by atoms with E-state index in [1.54, 1.807) is 0 Å². The molecule has 0 bridgehead atoms. The van der Waals surface area contributed by atoms with Crippen LogP contribution in [-0.4, -0.2) is 18.3 Å². The van der Waals surface area contributed by atoms with Crippen molar-refractivity contribution in [1.29, 1.82) is 0 Å². The van der Waals surface area contributed by atoms with Crippen LogP contribution in [0.25, 0.3) is 105 Å². The number of benzene rings is 8. The van der Waals surface area contributed by atoms with Gasteiger partial charge in [0.25, 0.3) is 0 Å². The standard InChI is InChI=1S/C55H36F2N4/c1-33-30-31-49-41(32-33)40-22-8-15-29-48(40)61(49)55-51(57)53(59-44-25-11-4-18-36(44)37-19-5-12-26-45(37)59)52(58-42-23-9-2-16-34(42)35-17-3-10-24-43(35)58)50(56)54(55)60-46-27-13-6-20-38(46)39-21-7-14-28-47(39)60/h2-31,33H,32H2,1H3. The lowest BCUT2D eigenvalue weighted by Gasteiger charge is -2.26. The highest BCUT2D eigenvalue weighted by Crippen LogP contribution is 2.48. The topological polar surface area (TPSA) is 19.7 Å². The Labute approximate surface area is 349 Å². The summed E-state index contributed by atoms with van der Waals surface area (Å²) in [6.45, 7) is 2.20. The number of hydrogen-bond donors (Lipinski definition) is 0. The largest absolute Gasteiger partial charge is 0.305 e. The van der Waals surface area contributed by atoms with Gasteiger partial charge in [-0.3, -0.25) is 0 Å². The Hall–Kier alpha value is -7.70. The molecule has 8 aromatic carbocycles. The Balaban J connectivity index is 1.34. The van der Waals surface area contributed by atoms with Crippen LogP contribution in [0.4, 0.5) is 8.78 Å². The van der Waals surface area contributed by atoms with E-state index in [1.807, 2.05) is 146 Å². The highest BCUT2D eigenvalue weighted by molar-refractivity contribution is 6.13. The molecule has 0 aliphatic heterocycles. The number of halogens is 2. The molecule has 13 rings (SSSR count). The first-order valence-electron chi connectivity index (χ1n) is 20.9. The van der Waals surface area contributed by atoms with E-state index >= 15 is 8.78 Å². The molecule has 1 unspecified atom stereocenters. The van der Waals surface area contributed by atoms with E-state index in [-0.39, 0.29) is 28.7 Å². The SMILES string of the molecule is CC1C=Cc2c(c3ccccc3n2-c2c(F)c(-n3c4ccccc4c4ccccc43)c(-n3c4ccccc4c4ccccc43)c(F)c2-n2c3ccccc3c3ccccc32)C1. The molecule has 4 heterocycles. The molecule has 0 radical (unpaired) electrons. The third-order valence-corrected chi connectivity index (χ3v) is 13.0. The normalized spacial score (nSPS) is 14.2. The zero-order valence-electron chi connectivity index (χ0n) is 33.1. The van der Waals surface area contributed by atoms with Crippen molar-refractivity contribution in [3.63, 3.8) is 0 Å². The van der Waals surface area contributed by atoms with E-state index in [1.165, 1.54) is 0 Å².